The summed E-state index contributed by atoms with van der Waals surface area (Å²) in [5.74, 6) is -0.0504. The van der Waals surface area contributed by atoms with Gasteiger partial charge >= 0.3 is 0 Å². The number of rotatable bonds is 6. The van der Waals surface area contributed by atoms with Gasteiger partial charge in [0, 0.05) is 31.5 Å². The average Bonchev–Trinajstić information content (AvgIpc) is 2.89. The molecule has 1 fully saturated rings. The average molecular weight is 331 g/mol. The van der Waals surface area contributed by atoms with Crippen LogP contribution in [-0.4, -0.2) is 43.5 Å². The molecule has 1 aliphatic rings. The quantitative estimate of drug-likeness (QED) is 0.866. The van der Waals surface area contributed by atoms with Gasteiger partial charge in [-0.25, -0.2) is 0 Å². The van der Waals surface area contributed by atoms with Gasteiger partial charge in [0.1, 0.15) is 0 Å². The normalized spacial score (nSPS) is 18.9. The fraction of sp³-hybridized carbons (Fsp3) is 0.571. The molecule has 0 aromatic carbocycles. The summed E-state index contributed by atoms with van der Waals surface area (Å²) in [7, 11) is 1.60. The van der Waals surface area contributed by atoms with Gasteiger partial charge in [0.15, 0.2) is 0 Å². The van der Waals surface area contributed by atoms with Gasteiger partial charge in [-0.3, -0.25) is 9.59 Å². The number of methoxy groups -OCH3 is 1. The maximum Gasteiger partial charge on any atom is 0.225 e. The Morgan fingerprint density at radius 2 is 2.38 bits per heavy atom. The van der Waals surface area contributed by atoms with E-state index in [4.69, 9.17) is 16.3 Å². The summed E-state index contributed by atoms with van der Waals surface area (Å²) in [6.07, 6.45) is 1.03. The van der Waals surface area contributed by atoms with E-state index in [2.05, 4.69) is 5.32 Å². The SMILES string of the molecule is COCCN1CC(C(=O)NCc2ccc(Cl)s2)CCC1=O. The van der Waals surface area contributed by atoms with Crippen molar-refractivity contribution in [3.8, 4) is 0 Å². The predicted molar refractivity (Wildman–Crippen MR) is 82.4 cm³/mol. The van der Waals surface area contributed by atoms with Crippen molar-refractivity contribution < 1.29 is 14.3 Å². The Labute approximate surface area is 133 Å². The lowest BCUT2D eigenvalue weighted by atomic mass is 9.96. The molecule has 7 heteroatoms. The summed E-state index contributed by atoms with van der Waals surface area (Å²) < 4.78 is 5.71. The molecule has 2 heterocycles. The highest BCUT2D eigenvalue weighted by Gasteiger charge is 2.29. The highest BCUT2D eigenvalue weighted by atomic mass is 35.5. The maximum absolute atomic E-state index is 12.2. The standard InChI is InChI=1S/C14H19ClN2O3S/c1-20-7-6-17-9-10(2-5-13(17)18)14(19)16-8-11-3-4-12(15)21-11/h3-4,10H,2,5-9H2,1H3,(H,16,19). The highest BCUT2D eigenvalue weighted by Crippen LogP contribution is 2.22. The van der Waals surface area contributed by atoms with Gasteiger partial charge in [-0.2, -0.15) is 0 Å². The monoisotopic (exact) mass is 330 g/mol. The van der Waals surface area contributed by atoms with Crippen LogP contribution >= 0.6 is 22.9 Å². The fourth-order valence-electron chi connectivity index (χ4n) is 2.31. The van der Waals surface area contributed by atoms with Gasteiger partial charge in [0.25, 0.3) is 0 Å². The van der Waals surface area contributed by atoms with Crippen LogP contribution in [0.5, 0.6) is 0 Å². The molecule has 1 atom stereocenters. The Kier molecular flexibility index (Phi) is 6.02. The van der Waals surface area contributed by atoms with Crippen molar-refractivity contribution in [1.82, 2.24) is 10.2 Å². The number of piperidine rings is 1. The lowest BCUT2D eigenvalue weighted by Gasteiger charge is -2.31. The van der Waals surface area contributed by atoms with E-state index < -0.39 is 0 Å². The molecule has 1 saturated heterocycles. The van der Waals surface area contributed by atoms with Gasteiger partial charge in [-0.1, -0.05) is 11.6 Å². The van der Waals surface area contributed by atoms with Crippen LogP contribution in [0.4, 0.5) is 0 Å². The summed E-state index contributed by atoms with van der Waals surface area (Å²) in [6.45, 7) is 1.99. The molecule has 2 rings (SSSR count). The first kappa shape index (κ1) is 16.3. The summed E-state index contributed by atoms with van der Waals surface area (Å²) >= 11 is 7.32. The molecule has 5 nitrogen and oxygen atoms in total. The van der Waals surface area contributed by atoms with Crippen LogP contribution in [-0.2, 0) is 20.9 Å². The van der Waals surface area contributed by atoms with E-state index in [1.54, 1.807) is 12.0 Å². The van der Waals surface area contributed by atoms with Crippen molar-refractivity contribution >= 4 is 34.8 Å². The number of hydrogen-bond acceptors (Lipinski definition) is 4. The predicted octanol–water partition coefficient (Wildman–Crippen LogP) is 1.90. The van der Waals surface area contributed by atoms with Crippen molar-refractivity contribution in [3.63, 3.8) is 0 Å². The second kappa shape index (κ2) is 7.77. The lowest BCUT2D eigenvalue weighted by molar-refractivity contribution is -0.138. The van der Waals surface area contributed by atoms with Crippen LogP contribution < -0.4 is 5.32 Å². The van der Waals surface area contributed by atoms with Gasteiger partial charge in [-0.05, 0) is 18.6 Å². The molecule has 0 saturated carbocycles. The largest absolute Gasteiger partial charge is 0.383 e. The van der Waals surface area contributed by atoms with E-state index in [1.165, 1.54) is 11.3 Å². The minimum Gasteiger partial charge on any atom is -0.383 e. The first-order valence-corrected chi connectivity index (χ1v) is 8.08. The third-order valence-corrected chi connectivity index (χ3v) is 4.73. The molecule has 1 N–H and O–H groups in total. The zero-order valence-corrected chi connectivity index (χ0v) is 13.5. The van der Waals surface area contributed by atoms with E-state index in [0.717, 1.165) is 4.88 Å². The van der Waals surface area contributed by atoms with Gasteiger partial charge in [-0.15, -0.1) is 11.3 Å². The zero-order valence-electron chi connectivity index (χ0n) is 11.9. The third-order valence-electron chi connectivity index (χ3n) is 3.50. The van der Waals surface area contributed by atoms with Gasteiger partial charge < -0.3 is 15.0 Å². The molecular weight excluding hydrogens is 312 g/mol. The van der Waals surface area contributed by atoms with Crippen molar-refractivity contribution in [1.29, 1.82) is 0 Å². The van der Waals surface area contributed by atoms with E-state index >= 15 is 0 Å². The number of amides is 2. The summed E-state index contributed by atoms with van der Waals surface area (Å²) in [5, 5.41) is 2.92. The molecule has 1 aromatic rings. The second-order valence-corrected chi connectivity index (χ2v) is 6.79. The van der Waals surface area contributed by atoms with Crippen molar-refractivity contribution in [2.75, 3.05) is 26.8 Å². The number of halogens is 1. The van der Waals surface area contributed by atoms with E-state index in [0.29, 0.717) is 43.4 Å². The Morgan fingerprint density at radius 3 is 3.05 bits per heavy atom. The number of likely N-dealkylation sites (tertiary alicyclic amines) is 1. The number of carbonyl (C=O) groups is 2. The highest BCUT2D eigenvalue weighted by molar-refractivity contribution is 7.16. The molecule has 0 bridgehead atoms. The smallest absolute Gasteiger partial charge is 0.225 e. The van der Waals surface area contributed by atoms with Crippen LogP contribution in [0, 0.1) is 5.92 Å². The first-order chi connectivity index (χ1) is 10.1. The van der Waals surface area contributed by atoms with Crippen LogP contribution in [0.1, 0.15) is 17.7 Å². The fourth-order valence-corrected chi connectivity index (χ4v) is 3.34. The molecule has 0 radical (unpaired) electrons. The molecule has 1 aliphatic heterocycles. The number of ether oxygens (including phenoxy) is 1. The third kappa shape index (κ3) is 4.69. The topological polar surface area (TPSA) is 58.6 Å². The minimum atomic E-state index is -0.144. The Hall–Kier alpha value is -1.11. The molecule has 1 aromatic heterocycles. The van der Waals surface area contributed by atoms with Gasteiger partial charge in [0.2, 0.25) is 11.8 Å². The molecule has 21 heavy (non-hydrogen) atoms. The molecule has 1 unspecified atom stereocenters. The van der Waals surface area contributed by atoms with Crippen LogP contribution in [0.25, 0.3) is 0 Å². The van der Waals surface area contributed by atoms with E-state index in [9.17, 15) is 9.59 Å². The number of nitrogens with one attached hydrogen (secondary N) is 1. The maximum atomic E-state index is 12.2. The zero-order chi connectivity index (χ0) is 15.2. The summed E-state index contributed by atoms with van der Waals surface area (Å²) in [5.41, 5.74) is 0. The van der Waals surface area contributed by atoms with E-state index in [1.807, 2.05) is 12.1 Å². The minimum absolute atomic E-state index is 0.00515. The molecule has 0 spiro atoms. The summed E-state index contributed by atoms with van der Waals surface area (Å²) in [6, 6.07) is 3.72. The number of nitrogens with zero attached hydrogens (tertiary/aromatic N) is 1. The Morgan fingerprint density at radius 1 is 1.57 bits per heavy atom. The van der Waals surface area contributed by atoms with Crippen molar-refractivity contribution in [2.45, 2.75) is 19.4 Å². The van der Waals surface area contributed by atoms with E-state index in [-0.39, 0.29) is 17.7 Å². The molecule has 0 aliphatic carbocycles. The number of carbonyl (C=O) groups excluding carboxylic acids is 2. The van der Waals surface area contributed by atoms with Crippen LogP contribution in [0.15, 0.2) is 12.1 Å². The second-order valence-electron chi connectivity index (χ2n) is 4.99. The first-order valence-electron chi connectivity index (χ1n) is 6.88. The summed E-state index contributed by atoms with van der Waals surface area (Å²) in [4.78, 5) is 26.7. The van der Waals surface area contributed by atoms with Gasteiger partial charge in [0.05, 0.1) is 23.4 Å². The molecule has 116 valence electrons. The van der Waals surface area contributed by atoms with Crippen LogP contribution in [0.2, 0.25) is 4.34 Å². The number of thiophene rings is 1. The van der Waals surface area contributed by atoms with Crippen molar-refractivity contribution in [2.24, 2.45) is 5.92 Å². The number of hydrogen-bond donors (Lipinski definition) is 1. The Balaban J connectivity index is 1.82. The van der Waals surface area contributed by atoms with Crippen LogP contribution in [0.3, 0.4) is 0 Å². The van der Waals surface area contributed by atoms with Crippen molar-refractivity contribution in [3.05, 3.63) is 21.3 Å². The Bertz CT molecular complexity index is 506. The molecule has 2 amide bonds. The lowest BCUT2D eigenvalue weighted by Crippen LogP contribution is -2.46. The molecular formula is C14H19ClN2O3S.